The predicted molar refractivity (Wildman–Crippen MR) is 76.3 cm³/mol. The molecule has 21 heavy (non-hydrogen) atoms. The summed E-state index contributed by atoms with van der Waals surface area (Å²) in [6.45, 7) is 0. The third kappa shape index (κ3) is 3.36. The molecule has 0 aromatic heterocycles. The molecule has 1 fully saturated rings. The van der Waals surface area contributed by atoms with Crippen molar-refractivity contribution in [1.29, 1.82) is 0 Å². The van der Waals surface area contributed by atoms with Crippen molar-refractivity contribution >= 4 is 17.7 Å². The Hall–Kier alpha value is -2.44. The molecular formula is C14H18N2O5. The van der Waals surface area contributed by atoms with Crippen LogP contribution in [-0.4, -0.2) is 37.4 Å². The van der Waals surface area contributed by atoms with E-state index in [4.69, 9.17) is 9.47 Å². The van der Waals surface area contributed by atoms with Gasteiger partial charge in [0.1, 0.15) is 0 Å². The van der Waals surface area contributed by atoms with Crippen LogP contribution in [0.25, 0.3) is 0 Å². The topological polar surface area (TPSA) is 96.9 Å². The molecule has 1 aromatic rings. The molecule has 0 aliphatic heterocycles. The third-order valence-corrected chi connectivity index (χ3v) is 3.44. The van der Waals surface area contributed by atoms with E-state index in [-0.39, 0.29) is 17.3 Å². The van der Waals surface area contributed by atoms with Gasteiger partial charge in [-0.1, -0.05) is 0 Å². The van der Waals surface area contributed by atoms with E-state index in [1.807, 2.05) is 0 Å². The molecule has 2 rings (SSSR count). The summed E-state index contributed by atoms with van der Waals surface area (Å²) < 4.78 is 10.2. The number of amides is 2. The van der Waals surface area contributed by atoms with Gasteiger partial charge in [-0.15, -0.1) is 0 Å². The van der Waals surface area contributed by atoms with Crippen LogP contribution in [0, 0.1) is 0 Å². The zero-order chi connectivity index (χ0) is 15.4. The van der Waals surface area contributed by atoms with Gasteiger partial charge in [-0.2, -0.15) is 0 Å². The lowest BCUT2D eigenvalue weighted by atomic mass is 9.93. The molecule has 7 nitrogen and oxygen atoms in total. The molecule has 3 N–H and O–H groups in total. The lowest BCUT2D eigenvalue weighted by Gasteiger charge is -2.26. The number of benzene rings is 1. The van der Waals surface area contributed by atoms with E-state index in [0.29, 0.717) is 11.5 Å². The second kappa shape index (κ2) is 6.34. The molecule has 1 aromatic carbocycles. The molecule has 0 unspecified atom stereocenters. The first-order valence-corrected chi connectivity index (χ1v) is 6.62. The van der Waals surface area contributed by atoms with Crippen LogP contribution < -0.4 is 20.1 Å². The van der Waals surface area contributed by atoms with E-state index in [2.05, 4.69) is 10.6 Å². The van der Waals surface area contributed by atoms with Crippen molar-refractivity contribution in [3.8, 4) is 11.5 Å². The number of anilines is 1. The van der Waals surface area contributed by atoms with Gasteiger partial charge in [0, 0.05) is 18.2 Å². The first kappa shape index (κ1) is 15.0. The SMILES string of the molecule is COc1cc(NC(=O)NC2CCC2)c(C(=O)O)cc1OC. The maximum Gasteiger partial charge on any atom is 0.337 e. The number of rotatable bonds is 5. The number of methoxy groups -OCH3 is 2. The van der Waals surface area contributed by atoms with Crippen molar-refractivity contribution in [3.05, 3.63) is 17.7 Å². The number of nitrogens with one attached hydrogen (secondary N) is 2. The maximum atomic E-state index is 11.9. The van der Waals surface area contributed by atoms with Crippen molar-refractivity contribution in [2.45, 2.75) is 25.3 Å². The van der Waals surface area contributed by atoms with Gasteiger partial charge < -0.3 is 25.2 Å². The Bertz CT molecular complexity index is 555. The van der Waals surface area contributed by atoms with Gasteiger partial charge in [0.15, 0.2) is 11.5 Å². The lowest BCUT2D eigenvalue weighted by Crippen LogP contribution is -2.42. The molecular weight excluding hydrogens is 276 g/mol. The van der Waals surface area contributed by atoms with Gasteiger partial charge in [-0.25, -0.2) is 9.59 Å². The standard InChI is InChI=1S/C14H18N2O5/c1-20-11-6-9(13(17)18)10(7-12(11)21-2)16-14(19)15-8-4-3-5-8/h6-8H,3-5H2,1-2H3,(H,17,18)(H2,15,16,19). The molecule has 1 saturated carbocycles. The maximum absolute atomic E-state index is 11.9. The molecule has 1 aliphatic carbocycles. The summed E-state index contributed by atoms with van der Waals surface area (Å²) in [6, 6.07) is 2.50. The molecule has 7 heteroatoms. The van der Waals surface area contributed by atoms with Gasteiger partial charge in [0.2, 0.25) is 0 Å². The Balaban J connectivity index is 2.22. The third-order valence-electron chi connectivity index (χ3n) is 3.44. The molecule has 0 radical (unpaired) electrons. The van der Waals surface area contributed by atoms with Crippen molar-refractivity contribution in [2.75, 3.05) is 19.5 Å². The summed E-state index contributed by atoms with van der Waals surface area (Å²) in [5.74, 6) is -0.517. The first-order valence-electron chi connectivity index (χ1n) is 6.62. The average molecular weight is 294 g/mol. The number of hydrogen-bond acceptors (Lipinski definition) is 4. The van der Waals surface area contributed by atoms with Crippen LogP contribution in [0.15, 0.2) is 12.1 Å². The number of carbonyl (C=O) groups excluding carboxylic acids is 1. The van der Waals surface area contributed by atoms with E-state index in [0.717, 1.165) is 19.3 Å². The summed E-state index contributed by atoms with van der Waals surface area (Å²) in [5.41, 5.74) is 0.105. The van der Waals surface area contributed by atoms with E-state index < -0.39 is 12.0 Å². The van der Waals surface area contributed by atoms with Gasteiger partial charge in [0.05, 0.1) is 25.5 Å². The Morgan fingerprint density at radius 2 is 1.81 bits per heavy atom. The first-order chi connectivity index (χ1) is 10.0. The minimum Gasteiger partial charge on any atom is -0.493 e. The summed E-state index contributed by atoms with van der Waals surface area (Å²) in [6.07, 6.45) is 3.00. The normalized spacial score (nSPS) is 14.0. The highest BCUT2D eigenvalue weighted by molar-refractivity contribution is 6.01. The number of aromatic carboxylic acids is 1. The quantitative estimate of drug-likeness (QED) is 0.772. The molecule has 0 atom stereocenters. The fraction of sp³-hybridized carbons (Fsp3) is 0.429. The predicted octanol–water partition coefficient (Wildman–Crippen LogP) is 2.08. The van der Waals surface area contributed by atoms with E-state index in [1.54, 1.807) is 0 Å². The highest BCUT2D eigenvalue weighted by Crippen LogP contribution is 2.33. The van der Waals surface area contributed by atoms with Crippen molar-refractivity contribution in [3.63, 3.8) is 0 Å². The van der Waals surface area contributed by atoms with E-state index in [9.17, 15) is 14.7 Å². The van der Waals surface area contributed by atoms with Crippen LogP contribution in [0.1, 0.15) is 29.6 Å². The van der Waals surface area contributed by atoms with Gasteiger partial charge >= 0.3 is 12.0 Å². The Kier molecular flexibility index (Phi) is 4.52. The molecule has 0 bridgehead atoms. The fourth-order valence-corrected chi connectivity index (χ4v) is 2.06. The molecule has 0 saturated heterocycles. The van der Waals surface area contributed by atoms with Crippen LogP contribution in [-0.2, 0) is 0 Å². The van der Waals surface area contributed by atoms with E-state index in [1.165, 1.54) is 26.4 Å². The average Bonchev–Trinajstić information content (AvgIpc) is 2.42. The minimum atomic E-state index is -1.16. The molecule has 1 aliphatic rings. The van der Waals surface area contributed by atoms with Gasteiger partial charge in [0.25, 0.3) is 0 Å². The Labute approximate surface area is 122 Å². The number of hydrogen-bond donors (Lipinski definition) is 3. The Morgan fingerprint density at radius 1 is 1.19 bits per heavy atom. The van der Waals surface area contributed by atoms with Crippen molar-refractivity contribution < 1.29 is 24.2 Å². The summed E-state index contributed by atoms with van der Waals surface area (Å²) in [7, 11) is 2.86. The van der Waals surface area contributed by atoms with Crippen molar-refractivity contribution in [1.82, 2.24) is 5.32 Å². The molecule has 2 amide bonds. The second-order valence-electron chi connectivity index (χ2n) is 4.78. The number of ether oxygens (including phenoxy) is 2. The van der Waals surface area contributed by atoms with Crippen LogP contribution >= 0.6 is 0 Å². The highest BCUT2D eigenvalue weighted by atomic mass is 16.5. The van der Waals surface area contributed by atoms with Crippen molar-refractivity contribution in [2.24, 2.45) is 0 Å². The second-order valence-corrected chi connectivity index (χ2v) is 4.78. The number of carboxylic acids is 1. The summed E-state index contributed by atoms with van der Waals surface area (Å²) in [4.78, 5) is 23.1. The monoisotopic (exact) mass is 294 g/mol. The smallest absolute Gasteiger partial charge is 0.337 e. The number of carboxylic acid groups (broad SMARTS) is 1. The van der Waals surface area contributed by atoms with E-state index >= 15 is 0 Å². The number of urea groups is 1. The zero-order valence-electron chi connectivity index (χ0n) is 11.9. The molecule has 114 valence electrons. The highest BCUT2D eigenvalue weighted by Gasteiger charge is 2.21. The van der Waals surface area contributed by atoms with Gasteiger partial charge in [-0.3, -0.25) is 0 Å². The van der Waals surface area contributed by atoms with Crippen LogP contribution in [0.5, 0.6) is 11.5 Å². The lowest BCUT2D eigenvalue weighted by molar-refractivity contribution is 0.0697. The molecule has 0 spiro atoms. The summed E-state index contributed by atoms with van der Waals surface area (Å²) in [5, 5.41) is 14.6. The largest absolute Gasteiger partial charge is 0.493 e. The minimum absolute atomic E-state index is 0.0589. The molecule has 0 heterocycles. The fourth-order valence-electron chi connectivity index (χ4n) is 2.06. The Morgan fingerprint density at radius 3 is 2.29 bits per heavy atom. The van der Waals surface area contributed by atoms with Gasteiger partial charge in [-0.05, 0) is 19.3 Å². The zero-order valence-corrected chi connectivity index (χ0v) is 11.9. The van der Waals surface area contributed by atoms with Crippen LogP contribution in [0.2, 0.25) is 0 Å². The van der Waals surface area contributed by atoms with Crippen LogP contribution in [0.3, 0.4) is 0 Å². The number of carbonyl (C=O) groups is 2. The summed E-state index contributed by atoms with van der Waals surface area (Å²) >= 11 is 0. The van der Waals surface area contributed by atoms with Crippen LogP contribution in [0.4, 0.5) is 10.5 Å².